The van der Waals surface area contributed by atoms with E-state index in [1.54, 1.807) is 0 Å². The molecule has 3 aromatic rings. The van der Waals surface area contributed by atoms with E-state index in [1.165, 1.54) is 5.56 Å². The van der Waals surface area contributed by atoms with Gasteiger partial charge >= 0.3 is 0 Å². The minimum absolute atomic E-state index is 0.514. The van der Waals surface area contributed by atoms with Gasteiger partial charge in [-0.15, -0.1) is 11.6 Å². The largest absolute Gasteiger partial charge is 0.492 e. The fourth-order valence-electron chi connectivity index (χ4n) is 2.33. The number of benzene rings is 2. The third kappa shape index (κ3) is 3.19. The molecule has 0 saturated heterocycles. The Bertz CT molecular complexity index is 709. The summed E-state index contributed by atoms with van der Waals surface area (Å²) in [5.74, 6) is 1.32. The standard InChI is InChI=1S/C17H16ClNO2/c18-11-9-14-17-15(7-4-8-16(17)21-19-14)20-12-10-13-5-2-1-3-6-13/h1-8H,9-12H2. The van der Waals surface area contributed by atoms with Gasteiger partial charge in [-0.2, -0.15) is 0 Å². The van der Waals surface area contributed by atoms with Crippen LogP contribution in [0.5, 0.6) is 5.75 Å². The molecule has 2 aromatic carbocycles. The second-order valence-electron chi connectivity index (χ2n) is 4.78. The van der Waals surface area contributed by atoms with Gasteiger partial charge in [0, 0.05) is 18.7 Å². The Morgan fingerprint density at radius 3 is 2.67 bits per heavy atom. The van der Waals surface area contributed by atoms with Crippen LogP contribution in [0.3, 0.4) is 0 Å². The molecule has 1 aromatic heterocycles. The summed E-state index contributed by atoms with van der Waals surface area (Å²) >= 11 is 5.81. The van der Waals surface area contributed by atoms with E-state index in [-0.39, 0.29) is 0 Å². The van der Waals surface area contributed by atoms with E-state index in [4.69, 9.17) is 20.9 Å². The first-order valence-electron chi connectivity index (χ1n) is 6.98. The minimum atomic E-state index is 0.514. The molecule has 3 rings (SSSR count). The van der Waals surface area contributed by atoms with Crippen molar-refractivity contribution in [2.24, 2.45) is 0 Å². The number of halogens is 1. The molecular formula is C17H16ClNO2. The highest BCUT2D eigenvalue weighted by molar-refractivity contribution is 6.18. The SMILES string of the molecule is ClCCc1noc2cccc(OCCc3ccccc3)c12. The molecule has 0 aliphatic carbocycles. The Hall–Kier alpha value is -2.00. The van der Waals surface area contributed by atoms with Crippen molar-refractivity contribution in [3.05, 3.63) is 59.8 Å². The Morgan fingerprint density at radius 2 is 1.86 bits per heavy atom. The van der Waals surface area contributed by atoms with Crippen LogP contribution in [0.1, 0.15) is 11.3 Å². The van der Waals surface area contributed by atoms with Gasteiger partial charge in [-0.05, 0) is 17.7 Å². The summed E-state index contributed by atoms with van der Waals surface area (Å²) in [4.78, 5) is 0. The van der Waals surface area contributed by atoms with Crippen molar-refractivity contribution in [1.82, 2.24) is 5.16 Å². The maximum atomic E-state index is 5.93. The van der Waals surface area contributed by atoms with Gasteiger partial charge in [0.25, 0.3) is 0 Å². The molecule has 0 fully saturated rings. The molecule has 0 spiro atoms. The average molecular weight is 302 g/mol. The van der Waals surface area contributed by atoms with Gasteiger partial charge in [0.2, 0.25) is 0 Å². The number of nitrogens with zero attached hydrogens (tertiary/aromatic N) is 1. The van der Waals surface area contributed by atoms with Crippen molar-refractivity contribution in [1.29, 1.82) is 0 Å². The van der Waals surface area contributed by atoms with Gasteiger partial charge < -0.3 is 9.26 Å². The number of fused-ring (bicyclic) bond motifs is 1. The van der Waals surface area contributed by atoms with Gasteiger partial charge in [0.05, 0.1) is 17.7 Å². The zero-order chi connectivity index (χ0) is 14.5. The van der Waals surface area contributed by atoms with Crippen molar-refractivity contribution < 1.29 is 9.26 Å². The van der Waals surface area contributed by atoms with Crippen LogP contribution in [-0.2, 0) is 12.8 Å². The maximum absolute atomic E-state index is 5.93. The molecule has 0 amide bonds. The molecule has 4 heteroatoms. The molecule has 1 heterocycles. The lowest BCUT2D eigenvalue weighted by atomic mass is 10.1. The zero-order valence-corrected chi connectivity index (χ0v) is 12.3. The molecule has 0 unspecified atom stereocenters. The summed E-state index contributed by atoms with van der Waals surface area (Å²) < 4.78 is 11.2. The molecule has 21 heavy (non-hydrogen) atoms. The topological polar surface area (TPSA) is 35.3 Å². The average Bonchev–Trinajstić information content (AvgIpc) is 2.93. The molecule has 108 valence electrons. The van der Waals surface area contributed by atoms with Crippen LogP contribution in [0.4, 0.5) is 0 Å². The summed E-state index contributed by atoms with van der Waals surface area (Å²) in [7, 11) is 0. The monoisotopic (exact) mass is 301 g/mol. The number of aromatic nitrogens is 1. The normalized spacial score (nSPS) is 10.9. The smallest absolute Gasteiger partial charge is 0.170 e. The van der Waals surface area contributed by atoms with Crippen LogP contribution in [0, 0.1) is 0 Å². The summed E-state index contributed by atoms with van der Waals surface area (Å²) in [6.45, 7) is 0.620. The number of aryl methyl sites for hydroxylation is 1. The third-order valence-corrected chi connectivity index (χ3v) is 3.54. The van der Waals surface area contributed by atoms with Crippen molar-refractivity contribution >= 4 is 22.6 Å². The lowest BCUT2D eigenvalue weighted by Crippen LogP contribution is -2.02. The fraction of sp³-hybridized carbons (Fsp3) is 0.235. The maximum Gasteiger partial charge on any atom is 0.170 e. The second-order valence-corrected chi connectivity index (χ2v) is 5.16. The van der Waals surface area contributed by atoms with E-state index in [1.807, 2.05) is 36.4 Å². The number of hydrogen-bond acceptors (Lipinski definition) is 3. The molecular weight excluding hydrogens is 286 g/mol. The van der Waals surface area contributed by atoms with Gasteiger partial charge in [0.15, 0.2) is 5.58 Å². The summed E-state index contributed by atoms with van der Waals surface area (Å²) in [5, 5.41) is 5.01. The van der Waals surface area contributed by atoms with Crippen LogP contribution >= 0.6 is 11.6 Å². The van der Waals surface area contributed by atoms with Gasteiger partial charge in [0.1, 0.15) is 5.75 Å². The van der Waals surface area contributed by atoms with Crippen LogP contribution in [0.2, 0.25) is 0 Å². The van der Waals surface area contributed by atoms with E-state index in [0.717, 1.165) is 28.8 Å². The summed E-state index contributed by atoms with van der Waals surface area (Å²) in [5.41, 5.74) is 2.86. The quantitative estimate of drug-likeness (QED) is 0.639. The molecule has 0 bridgehead atoms. The number of ether oxygens (including phenoxy) is 1. The van der Waals surface area contributed by atoms with Crippen LogP contribution in [-0.4, -0.2) is 17.6 Å². The first kappa shape index (κ1) is 14.0. The summed E-state index contributed by atoms with van der Waals surface area (Å²) in [6.07, 6.45) is 1.54. The molecule has 0 N–H and O–H groups in total. The highest BCUT2D eigenvalue weighted by atomic mass is 35.5. The first-order valence-corrected chi connectivity index (χ1v) is 7.52. The molecule has 0 atom stereocenters. The lowest BCUT2D eigenvalue weighted by Gasteiger charge is -2.07. The number of alkyl halides is 1. The van der Waals surface area contributed by atoms with Gasteiger partial charge in [-0.1, -0.05) is 41.6 Å². The van der Waals surface area contributed by atoms with Gasteiger partial charge in [-0.25, -0.2) is 0 Å². The van der Waals surface area contributed by atoms with Crippen molar-refractivity contribution in [2.75, 3.05) is 12.5 Å². The van der Waals surface area contributed by atoms with E-state index in [2.05, 4.69) is 17.3 Å². The van der Waals surface area contributed by atoms with Crippen LogP contribution in [0.15, 0.2) is 53.1 Å². The number of hydrogen-bond donors (Lipinski definition) is 0. The van der Waals surface area contributed by atoms with Crippen molar-refractivity contribution in [3.8, 4) is 5.75 Å². The third-order valence-electron chi connectivity index (χ3n) is 3.35. The predicted octanol–water partition coefficient (Wildman–Crippen LogP) is 4.23. The van der Waals surface area contributed by atoms with Gasteiger partial charge in [-0.3, -0.25) is 0 Å². The molecule has 3 nitrogen and oxygen atoms in total. The highest BCUT2D eigenvalue weighted by Crippen LogP contribution is 2.29. The fourth-order valence-corrected chi connectivity index (χ4v) is 2.50. The second kappa shape index (κ2) is 6.64. The molecule has 0 aliphatic rings. The van der Waals surface area contributed by atoms with E-state index >= 15 is 0 Å². The molecule has 0 radical (unpaired) electrons. The van der Waals surface area contributed by atoms with Crippen molar-refractivity contribution in [2.45, 2.75) is 12.8 Å². The number of rotatable bonds is 6. The first-order chi connectivity index (χ1) is 10.4. The van der Waals surface area contributed by atoms with Crippen LogP contribution < -0.4 is 4.74 Å². The lowest BCUT2D eigenvalue weighted by molar-refractivity contribution is 0.325. The Labute approximate surface area is 128 Å². The summed E-state index contributed by atoms with van der Waals surface area (Å²) in [6, 6.07) is 16.0. The van der Waals surface area contributed by atoms with E-state index < -0.39 is 0 Å². The predicted molar refractivity (Wildman–Crippen MR) is 84.1 cm³/mol. The van der Waals surface area contributed by atoms with Crippen molar-refractivity contribution in [3.63, 3.8) is 0 Å². The minimum Gasteiger partial charge on any atom is -0.492 e. The highest BCUT2D eigenvalue weighted by Gasteiger charge is 2.13. The molecule has 0 aliphatic heterocycles. The Kier molecular flexibility index (Phi) is 4.41. The van der Waals surface area contributed by atoms with Crippen LogP contribution in [0.25, 0.3) is 11.0 Å². The zero-order valence-electron chi connectivity index (χ0n) is 11.6. The van der Waals surface area contributed by atoms with E-state index in [0.29, 0.717) is 18.9 Å². The Balaban J connectivity index is 1.75. The Morgan fingerprint density at radius 1 is 1.00 bits per heavy atom. The van der Waals surface area contributed by atoms with E-state index in [9.17, 15) is 0 Å². The molecule has 0 saturated carbocycles.